The van der Waals surface area contributed by atoms with Crippen molar-refractivity contribution in [2.45, 2.75) is 49.8 Å². The third kappa shape index (κ3) is 7.36. The average molecular weight is 732 g/mol. The van der Waals surface area contributed by atoms with Crippen LogP contribution in [-0.4, -0.2) is 59.7 Å². The van der Waals surface area contributed by atoms with Crippen molar-refractivity contribution >= 4 is 62.1 Å². The molecule has 1 saturated carbocycles. The number of carbonyl (C=O) groups excluding carboxylic acids is 1. The SMILES string of the molecule is Cc1noc2ncc(S(=O)(=O)N3CSCC3C(=O)OC(Cc3c(Cl)c[n+]([O-])cc3Cl)c3ccc(OC(F)F)c(OCC4CC4)c3)cc12. The number of sulfonamides is 1. The Kier molecular flexibility index (Phi) is 9.67. The summed E-state index contributed by atoms with van der Waals surface area (Å²) in [6, 6.07) is 4.24. The van der Waals surface area contributed by atoms with E-state index in [9.17, 15) is 27.2 Å². The van der Waals surface area contributed by atoms with E-state index < -0.39 is 34.7 Å². The lowest BCUT2D eigenvalue weighted by Gasteiger charge is -2.26. The number of aryl methyl sites for hydroxylation is 1. The van der Waals surface area contributed by atoms with E-state index in [2.05, 4.69) is 14.9 Å². The fourth-order valence-electron chi connectivity index (χ4n) is 4.93. The van der Waals surface area contributed by atoms with Crippen LogP contribution >= 0.6 is 35.0 Å². The standard InChI is InChI=1S/C29H26Cl2F2N4O8S2/c1-15-19-7-18(9-34-27(19)45-35-15)47(40,41)37-14-46-13-23(37)28(38)43-25(8-20-21(30)10-36(39)11-22(20)31)17-4-5-24(44-29(32)33)26(6-17)42-12-16-2-3-16/h4-7,9-11,16,23,25,29H,2-3,8,12-14H2,1H3. The highest BCUT2D eigenvalue weighted by molar-refractivity contribution is 8.00. The number of hydrogen-bond acceptors (Lipinski definition) is 11. The summed E-state index contributed by atoms with van der Waals surface area (Å²) in [4.78, 5) is 17.7. The Labute approximate surface area is 281 Å². The largest absolute Gasteiger partial charge is 0.619 e. The molecule has 0 radical (unpaired) electrons. The van der Waals surface area contributed by atoms with E-state index in [1.165, 1.54) is 36.0 Å². The van der Waals surface area contributed by atoms with Gasteiger partial charge in [-0.3, -0.25) is 4.79 Å². The smallest absolute Gasteiger partial charge is 0.387 e. The first-order valence-electron chi connectivity index (χ1n) is 14.2. The van der Waals surface area contributed by atoms with Crippen LogP contribution in [0.5, 0.6) is 11.5 Å². The van der Waals surface area contributed by atoms with Crippen molar-refractivity contribution in [3.63, 3.8) is 0 Å². The van der Waals surface area contributed by atoms with Crippen molar-refractivity contribution in [2.24, 2.45) is 5.92 Å². The maximum absolute atomic E-state index is 13.8. The van der Waals surface area contributed by atoms with Crippen molar-refractivity contribution < 1.29 is 45.5 Å². The van der Waals surface area contributed by atoms with Crippen molar-refractivity contribution in [1.29, 1.82) is 0 Å². The molecule has 4 heterocycles. The van der Waals surface area contributed by atoms with Gasteiger partial charge in [0.1, 0.15) is 27.1 Å². The highest BCUT2D eigenvalue weighted by Gasteiger charge is 2.42. The molecule has 1 aliphatic heterocycles. The van der Waals surface area contributed by atoms with Gasteiger partial charge in [0.25, 0.3) is 5.71 Å². The van der Waals surface area contributed by atoms with Crippen LogP contribution in [0.4, 0.5) is 8.78 Å². The van der Waals surface area contributed by atoms with E-state index in [4.69, 9.17) is 37.2 Å². The second-order valence-corrected chi connectivity index (χ2v) is 14.7. The van der Waals surface area contributed by atoms with Gasteiger partial charge in [0.05, 0.1) is 29.8 Å². The third-order valence-electron chi connectivity index (χ3n) is 7.64. The van der Waals surface area contributed by atoms with Crippen molar-refractivity contribution in [1.82, 2.24) is 14.4 Å². The van der Waals surface area contributed by atoms with Crippen molar-refractivity contribution in [2.75, 3.05) is 18.2 Å². The summed E-state index contributed by atoms with van der Waals surface area (Å²) in [6.07, 6.45) is 3.85. The zero-order chi connectivity index (χ0) is 33.5. The van der Waals surface area contributed by atoms with Gasteiger partial charge >= 0.3 is 12.6 Å². The molecule has 4 aromatic rings. The molecule has 1 aliphatic carbocycles. The van der Waals surface area contributed by atoms with Gasteiger partial charge in [-0.15, -0.1) is 11.8 Å². The number of hydrogen-bond donors (Lipinski definition) is 0. The molecule has 2 fully saturated rings. The zero-order valence-electron chi connectivity index (χ0n) is 24.5. The average Bonchev–Trinajstić information content (AvgIpc) is 3.57. The second kappa shape index (κ2) is 13.6. The molecule has 2 aliphatic rings. The van der Waals surface area contributed by atoms with Gasteiger partial charge in [-0.1, -0.05) is 34.4 Å². The highest BCUT2D eigenvalue weighted by atomic mass is 35.5. The number of pyridine rings is 2. The predicted molar refractivity (Wildman–Crippen MR) is 166 cm³/mol. The number of nitrogens with zero attached hydrogens (tertiary/aromatic N) is 4. The Morgan fingerprint density at radius 2 is 1.96 bits per heavy atom. The minimum Gasteiger partial charge on any atom is -0.619 e. The maximum atomic E-state index is 13.8. The minimum absolute atomic E-state index is 0.00551. The molecule has 47 heavy (non-hydrogen) atoms. The summed E-state index contributed by atoms with van der Waals surface area (Å²) in [7, 11) is -4.24. The van der Waals surface area contributed by atoms with Gasteiger partial charge in [0, 0.05) is 17.7 Å². The maximum Gasteiger partial charge on any atom is 0.387 e. The number of ether oxygens (including phenoxy) is 3. The second-order valence-electron chi connectivity index (χ2n) is 11.0. The molecule has 2 unspecified atom stereocenters. The van der Waals surface area contributed by atoms with Crippen LogP contribution in [0.3, 0.4) is 0 Å². The lowest BCUT2D eigenvalue weighted by molar-refractivity contribution is -0.605. The molecule has 250 valence electrons. The minimum atomic E-state index is -4.24. The van der Waals surface area contributed by atoms with E-state index in [-0.39, 0.29) is 68.3 Å². The lowest BCUT2D eigenvalue weighted by Crippen LogP contribution is -2.43. The first kappa shape index (κ1) is 33.5. The van der Waals surface area contributed by atoms with Crippen LogP contribution in [0.25, 0.3) is 11.1 Å². The number of alkyl halides is 2. The lowest BCUT2D eigenvalue weighted by atomic mass is 10.0. The molecule has 18 heteroatoms. The number of thioether (sulfide) groups is 1. The monoisotopic (exact) mass is 730 g/mol. The van der Waals surface area contributed by atoms with Crippen LogP contribution in [0.1, 0.15) is 35.8 Å². The van der Waals surface area contributed by atoms with Gasteiger partial charge in [0.15, 0.2) is 23.9 Å². The van der Waals surface area contributed by atoms with Crippen LogP contribution in [-0.2, 0) is 26.0 Å². The molecule has 1 aromatic carbocycles. The number of halogens is 4. The van der Waals surface area contributed by atoms with E-state index in [0.29, 0.717) is 21.4 Å². The molecule has 12 nitrogen and oxygen atoms in total. The van der Waals surface area contributed by atoms with Gasteiger partial charge < -0.3 is 23.9 Å². The Bertz CT molecular complexity index is 1910. The van der Waals surface area contributed by atoms with Gasteiger partial charge in [-0.25, -0.2) is 13.4 Å². The Morgan fingerprint density at radius 1 is 1.21 bits per heavy atom. The number of rotatable bonds is 12. The molecule has 0 bridgehead atoms. The molecule has 3 aromatic heterocycles. The van der Waals surface area contributed by atoms with Crippen molar-refractivity contribution in [3.8, 4) is 11.5 Å². The number of carbonyl (C=O) groups is 1. The summed E-state index contributed by atoms with van der Waals surface area (Å²) >= 11 is 13.9. The van der Waals surface area contributed by atoms with Crippen LogP contribution in [0, 0.1) is 18.0 Å². The van der Waals surface area contributed by atoms with E-state index >= 15 is 0 Å². The fourth-order valence-corrected chi connectivity index (χ4v) is 8.63. The topological polar surface area (TPSA) is 148 Å². The summed E-state index contributed by atoms with van der Waals surface area (Å²) in [5, 5.41) is 16.1. The number of esters is 1. The molecule has 0 N–H and O–H groups in total. The molecule has 0 spiro atoms. The summed E-state index contributed by atoms with van der Waals surface area (Å²) in [5.41, 5.74) is 1.18. The Hall–Kier alpha value is -3.44. The van der Waals surface area contributed by atoms with E-state index in [1.54, 1.807) is 6.92 Å². The molecular weight excluding hydrogens is 705 g/mol. The van der Waals surface area contributed by atoms with Gasteiger partial charge in [-0.05, 0) is 49.4 Å². The number of benzene rings is 1. The van der Waals surface area contributed by atoms with Gasteiger partial charge in [-0.2, -0.15) is 17.8 Å². The Balaban J connectivity index is 1.32. The van der Waals surface area contributed by atoms with E-state index in [1.807, 2.05) is 0 Å². The summed E-state index contributed by atoms with van der Waals surface area (Å²) < 4.78 is 76.8. The molecule has 0 amide bonds. The zero-order valence-corrected chi connectivity index (χ0v) is 27.6. The first-order valence-corrected chi connectivity index (χ1v) is 17.6. The predicted octanol–water partition coefficient (Wildman–Crippen LogP) is 5.45. The number of fused-ring (bicyclic) bond motifs is 1. The molecule has 1 saturated heterocycles. The highest BCUT2D eigenvalue weighted by Crippen LogP contribution is 2.39. The number of aromatic nitrogens is 3. The molecular formula is C29H26Cl2F2N4O8S2. The van der Waals surface area contributed by atoms with Gasteiger partial charge in [0.2, 0.25) is 10.0 Å². The fraction of sp³-hybridized carbons (Fsp3) is 0.379. The first-order chi connectivity index (χ1) is 22.4. The normalized spacial score (nSPS) is 17.7. The molecule has 6 rings (SSSR count). The quantitative estimate of drug-likeness (QED) is 0.104. The van der Waals surface area contributed by atoms with Crippen LogP contribution in [0.15, 0.2) is 52.3 Å². The summed E-state index contributed by atoms with van der Waals surface area (Å²) in [5.74, 6) is -0.751. The summed E-state index contributed by atoms with van der Waals surface area (Å²) in [6.45, 7) is -1.20. The Morgan fingerprint density at radius 3 is 2.66 bits per heavy atom. The van der Waals surface area contributed by atoms with Crippen LogP contribution < -0.4 is 14.2 Å². The third-order valence-corrected chi connectivity index (χ3v) is 11.3. The van der Waals surface area contributed by atoms with E-state index in [0.717, 1.165) is 35.7 Å². The van der Waals surface area contributed by atoms with Crippen molar-refractivity contribution in [3.05, 3.63) is 74.9 Å². The van der Waals surface area contributed by atoms with Crippen LogP contribution in [0.2, 0.25) is 10.0 Å². The molecule has 2 atom stereocenters.